The molecule has 1 amide bonds. The first-order chi connectivity index (χ1) is 10.3. The van der Waals surface area contributed by atoms with Gasteiger partial charge in [-0.05, 0) is 12.1 Å². The van der Waals surface area contributed by atoms with Crippen LogP contribution in [0.1, 0.15) is 10.5 Å². The number of nitrogens with zero attached hydrogens (tertiary/aromatic N) is 2. The molecular formula is C14H14N4O2S. The lowest BCUT2D eigenvalue weighted by atomic mass is 10.3. The summed E-state index contributed by atoms with van der Waals surface area (Å²) in [6, 6.07) is 7.22. The number of imidazole rings is 1. The molecule has 0 saturated carbocycles. The average Bonchev–Trinajstić information content (AvgIpc) is 3.08. The summed E-state index contributed by atoms with van der Waals surface area (Å²) < 4.78 is 7.20. The Hall–Kier alpha value is -2.38. The van der Waals surface area contributed by atoms with Crippen LogP contribution in [0, 0.1) is 0 Å². The Bertz CT molecular complexity index is 765. The number of rotatable bonds is 5. The molecule has 0 saturated heterocycles. The fourth-order valence-corrected chi connectivity index (χ4v) is 2.76. The van der Waals surface area contributed by atoms with Crippen molar-refractivity contribution in [3.63, 3.8) is 0 Å². The first-order valence-electron chi connectivity index (χ1n) is 6.43. The Kier molecular flexibility index (Phi) is 3.85. The zero-order valence-corrected chi connectivity index (χ0v) is 12.0. The quantitative estimate of drug-likeness (QED) is 0.755. The lowest BCUT2D eigenvalue weighted by Crippen LogP contribution is -2.14. The molecule has 6 nitrogen and oxygen atoms in total. The minimum Gasteiger partial charge on any atom is -0.492 e. The van der Waals surface area contributed by atoms with Gasteiger partial charge in [-0.2, -0.15) is 0 Å². The van der Waals surface area contributed by atoms with Crippen LogP contribution in [-0.2, 0) is 0 Å². The van der Waals surface area contributed by atoms with E-state index in [0.717, 1.165) is 4.96 Å². The van der Waals surface area contributed by atoms with E-state index in [0.29, 0.717) is 30.3 Å². The fraction of sp³-hybridized carbons (Fsp3) is 0.143. The molecule has 0 aliphatic rings. The highest BCUT2D eigenvalue weighted by Crippen LogP contribution is 2.20. The second-order valence-electron chi connectivity index (χ2n) is 4.32. The smallest absolute Gasteiger partial charge is 0.273 e. The zero-order chi connectivity index (χ0) is 14.7. The molecule has 0 fully saturated rings. The lowest BCUT2D eigenvalue weighted by Gasteiger charge is -2.08. The van der Waals surface area contributed by atoms with Gasteiger partial charge in [0.1, 0.15) is 18.1 Å². The second-order valence-corrected chi connectivity index (χ2v) is 5.16. The maximum atomic E-state index is 12.3. The maximum Gasteiger partial charge on any atom is 0.273 e. The van der Waals surface area contributed by atoms with E-state index in [1.165, 1.54) is 11.3 Å². The number of nitrogens with one attached hydrogen (secondary N) is 1. The van der Waals surface area contributed by atoms with Crippen LogP contribution in [0.2, 0.25) is 0 Å². The number of nitrogens with two attached hydrogens (primary N) is 1. The van der Waals surface area contributed by atoms with E-state index in [1.54, 1.807) is 28.2 Å². The molecule has 3 rings (SSSR count). The van der Waals surface area contributed by atoms with Gasteiger partial charge in [-0.25, -0.2) is 4.98 Å². The fourth-order valence-electron chi connectivity index (χ4n) is 1.92. The topological polar surface area (TPSA) is 81.6 Å². The molecule has 0 radical (unpaired) electrons. The summed E-state index contributed by atoms with van der Waals surface area (Å²) in [4.78, 5) is 17.2. The number of ether oxygens (including phenoxy) is 1. The highest BCUT2D eigenvalue weighted by atomic mass is 32.1. The molecular weight excluding hydrogens is 288 g/mol. The van der Waals surface area contributed by atoms with Gasteiger partial charge < -0.3 is 15.8 Å². The third-order valence-corrected chi connectivity index (χ3v) is 3.71. The number of carbonyl (C=O) groups is 1. The molecule has 2 heterocycles. The van der Waals surface area contributed by atoms with Crippen molar-refractivity contribution in [3.05, 3.63) is 47.7 Å². The molecule has 3 N–H and O–H groups in total. The highest BCUT2D eigenvalue weighted by Gasteiger charge is 2.12. The molecule has 7 heteroatoms. The molecule has 0 spiro atoms. The van der Waals surface area contributed by atoms with Crippen molar-refractivity contribution in [3.8, 4) is 5.75 Å². The number of aromatic nitrogens is 2. The molecule has 2 aromatic heterocycles. The molecule has 21 heavy (non-hydrogen) atoms. The van der Waals surface area contributed by atoms with Gasteiger partial charge in [0, 0.05) is 36.1 Å². The summed E-state index contributed by atoms with van der Waals surface area (Å²) in [6.07, 6.45) is 3.44. The van der Waals surface area contributed by atoms with Gasteiger partial charge in [-0.3, -0.25) is 9.20 Å². The highest BCUT2D eigenvalue weighted by molar-refractivity contribution is 7.15. The van der Waals surface area contributed by atoms with Crippen LogP contribution in [0.25, 0.3) is 4.96 Å². The van der Waals surface area contributed by atoms with Gasteiger partial charge in [0.25, 0.3) is 5.91 Å². The number of amides is 1. The molecule has 108 valence electrons. The Balaban J connectivity index is 1.77. The third kappa shape index (κ3) is 2.88. The van der Waals surface area contributed by atoms with Crippen molar-refractivity contribution in [1.82, 2.24) is 9.38 Å². The molecule has 1 aromatic carbocycles. The Morgan fingerprint density at radius 3 is 3.24 bits per heavy atom. The van der Waals surface area contributed by atoms with Crippen LogP contribution in [-0.4, -0.2) is 28.4 Å². The third-order valence-electron chi connectivity index (χ3n) is 2.85. The van der Waals surface area contributed by atoms with Crippen molar-refractivity contribution in [1.29, 1.82) is 0 Å². The minimum atomic E-state index is -0.185. The van der Waals surface area contributed by atoms with Crippen molar-refractivity contribution in [2.24, 2.45) is 5.73 Å². The maximum absolute atomic E-state index is 12.3. The summed E-state index contributed by atoms with van der Waals surface area (Å²) in [5, 5.41) is 4.64. The molecule has 0 atom stereocenters. The Labute approximate surface area is 125 Å². The summed E-state index contributed by atoms with van der Waals surface area (Å²) in [6.45, 7) is 0.891. The van der Waals surface area contributed by atoms with Crippen LogP contribution >= 0.6 is 11.3 Å². The van der Waals surface area contributed by atoms with Gasteiger partial charge in [-0.15, -0.1) is 11.3 Å². The average molecular weight is 302 g/mol. The largest absolute Gasteiger partial charge is 0.492 e. The zero-order valence-electron chi connectivity index (χ0n) is 11.2. The molecule has 0 bridgehead atoms. The van der Waals surface area contributed by atoms with Crippen LogP contribution in [0.15, 0.2) is 42.0 Å². The van der Waals surface area contributed by atoms with Crippen molar-refractivity contribution in [2.75, 3.05) is 18.5 Å². The first kappa shape index (κ1) is 13.6. The van der Waals surface area contributed by atoms with Crippen LogP contribution in [0.3, 0.4) is 0 Å². The lowest BCUT2D eigenvalue weighted by molar-refractivity contribution is 0.102. The van der Waals surface area contributed by atoms with E-state index in [9.17, 15) is 4.79 Å². The van der Waals surface area contributed by atoms with Gasteiger partial charge in [0.05, 0.1) is 0 Å². The van der Waals surface area contributed by atoms with E-state index in [2.05, 4.69) is 10.3 Å². The van der Waals surface area contributed by atoms with E-state index in [-0.39, 0.29) is 5.91 Å². The van der Waals surface area contributed by atoms with Gasteiger partial charge >= 0.3 is 0 Å². The second kappa shape index (κ2) is 5.94. The molecule has 0 unspecified atom stereocenters. The number of fused-ring (bicyclic) bond motifs is 1. The summed E-state index contributed by atoms with van der Waals surface area (Å²) in [5.41, 5.74) is 6.63. The van der Waals surface area contributed by atoms with Crippen LogP contribution in [0.5, 0.6) is 5.75 Å². The predicted octanol–water partition coefficient (Wildman–Crippen LogP) is 1.99. The Morgan fingerprint density at radius 1 is 1.48 bits per heavy atom. The number of anilines is 1. The monoisotopic (exact) mass is 302 g/mol. The SMILES string of the molecule is NCCOc1cccc(NC(=O)c2csc3nccn23)c1. The normalized spacial score (nSPS) is 10.7. The number of benzene rings is 1. The van der Waals surface area contributed by atoms with E-state index in [1.807, 2.05) is 18.2 Å². The summed E-state index contributed by atoms with van der Waals surface area (Å²) in [5.74, 6) is 0.492. The van der Waals surface area contributed by atoms with Gasteiger partial charge in [-0.1, -0.05) is 6.07 Å². The van der Waals surface area contributed by atoms with Crippen molar-refractivity contribution < 1.29 is 9.53 Å². The van der Waals surface area contributed by atoms with Crippen LogP contribution in [0.4, 0.5) is 5.69 Å². The van der Waals surface area contributed by atoms with Crippen molar-refractivity contribution >= 4 is 27.9 Å². The van der Waals surface area contributed by atoms with E-state index < -0.39 is 0 Å². The van der Waals surface area contributed by atoms with E-state index in [4.69, 9.17) is 10.5 Å². The molecule has 0 aliphatic heterocycles. The van der Waals surface area contributed by atoms with Gasteiger partial charge in [0.15, 0.2) is 4.96 Å². The first-order valence-corrected chi connectivity index (χ1v) is 7.31. The minimum absolute atomic E-state index is 0.185. The van der Waals surface area contributed by atoms with Gasteiger partial charge in [0.2, 0.25) is 0 Å². The number of hydrogen-bond donors (Lipinski definition) is 2. The Morgan fingerprint density at radius 2 is 2.38 bits per heavy atom. The van der Waals surface area contributed by atoms with Crippen molar-refractivity contribution in [2.45, 2.75) is 0 Å². The summed E-state index contributed by atoms with van der Waals surface area (Å²) in [7, 11) is 0. The molecule has 3 aromatic rings. The standard InChI is InChI=1S/C14H14N4O2S/c15-4-7-20-11-3-1-2-10(8-11)17-13(19)12-9-21-14-16-5-6-18(12)14/h1-3,5-6,8-9H,4,7,15H2,(H,17,19). The number of thiazole rings is 1. The summed E-state index contributed by atoms with van der Waals surface area (Å²) >= 11 is 1.43. The van der Waals surface area contributed by atoms with Crippen LogP contribution < -0.4 is 15.8 Å². The van der Waals surface area contributed by atoms with E-state index >= 15 is 0 Å². The predicted molar refractivity (Wildman–Crippen MR) is 82.0 cm³/mol. The number of carbonyl (C=O) groups excluding carboxylic acids is 1. The molecule has 0 aliphatic carbocycles. The number of hydrogen-bond acceptors (Lipinski definition) is 5.